The van der Waals surface area contributed by atoms with Crippen LogP contribution in [-0.4, -0.2) is 17.3 Å². The summed E-state index contributed by atoms with van der Waals surface area (Å²) < 4.78 is 30.5. The first-order valence-corrected chi connectivity index (χ1v) is 12.0. The van der Waals surface area contributed by atoms with Gasteiger partial charge in [0.1, 0.15) is 24.1 Å². The highest BCUT2D eigenvalue weighted by Crippen LogP contribution is 2.48. The van der Waals surface area contributed by atoms with Crippen LogP contribution in [0.5, 0.6) is 17.4 Å². The molecule has 5 rings (SSSR count). The molecule has 1 atom stereocenters. The Morgan fingerprint density at radius 3 is 2.61 bits per heavy atom. The number of fused-ring (bicyclic) bond motifs is 1. The minimum Gasteiger partial charge on any atom is -0.493 e. The highest BCUT2D eigenvalue weighted by molar-refractivity contribution is 7.12. The second-order valence-electron chi connectivity index (χ2n) is 8.39. The molecule has 7 nitrogen and oxygen atoms in total. The van der Waals surface area contributed by atoms with Crippen molar-refractivity contribution >= 4 is 11.3 Å². The molecule has 4 aromatic rings. The Bertz CT molecular complexity index is 1510. The standard InChI is InChI=1S/C27H23FN4O3S/c1-14-10-19(15(2)36-14)25-24-23(20(12-29)26(30)35-27(24)32-31-25)17-6-9-21(22(11-17)33-3)34-13-16-4-7-18(28)8-5-16/h4-11,23H,13,30H2,1-3H3,(H,31,32). The number of allylic oxidation sites excluding steroid dienone is 1. The van der Waals surface area contributed by atoms with E-state index in [4.69, 9.17) is 19.9 Å². The molecule has 0 spiro atoms. The Hall–Kier alpha value is -4.29. The second-order valence-corrected chi connectivity index (χ2v) is 9.86. The van der Waals surface area contributed by atoms with Crippen LogP contribution in [0, 0.1) is 31.0 Å². The first kappa shape index (κ1) is 23.5. The fraction of sp³-hybridized carbons (Fsp3) is 0.185. The number of nitriles is 1. The maximum atomic E-state index is 13.2. The van der Waals surface area contributed by atoms with Gasteiger partial charge in [-0.1, -0.05) is 18.2 Å². The number of H-pyrrole nitrogens is 1. The number of halogens is 1. The number of benzene rings is 2. The lowest BCUT2D eigenvalue weighted by Gasteiger charge is -2.25. The van der Waals surface area contributed by atoms with Crippen molar-refractivity contribution in [3.63, 3.8) is 0 Å². The van der Waals surface area contributed by atoms with Gasteiger partial charge >= 0.3 is 0 Å². The molecule has 36 heavy (non-hydrogen) atoms. The molecular formula is C27H23FN4O3S. The predicted octanol–water partition coefficient (Wildman–Crippen LogP) is 5.70. The number of nitrogens with one attached hydrogen (secondary N) is 1. The van der Waals surface area contributed by atoms with Crippen LogP contribution in [0.25, 0.3) is 11.3 Å². The van der Waals surface area contributed by atoms with Crippen molar-refractivity contribution in [2.45, 2.75) is 26.4 Å². The largest absolute Gasteiger partial charge is 0.493 e. The van der Waals surface area contributed by atoms with Crippen LogP contribution in [-0.2, 0) is 6.61 Å². The summed E-state index contributed by atoms with van der Waals surface area (Å²) in [6.45, 7) is 4.34. The molecule has 1 unspecified atom stereocenters. The van der Waals surface area contributed by atoms with E-state index in [1.807, 2.05) is 26.0 Å². The van der Waals surface area contributed by atoms with E-state index in [0.717, 1.165) is 32.8 Å². The zero-order chi connectivity index (χ0) is 25.4. The lowest BCUT2D eigenvalue weighted by Crippen LogP contribution is -2.21. The summed E-state index contributed by atoms with van der Waals surface area (Å²) in [4.78, 5) is 2.29. The van der Waals surface area contributed by atoms with E-state index in [1.165, 1.54) is 17.0 Å². The Labute approximate surface area is 211 Å². The number of hydrogen-bond donors (Lipinski definition) is 2. The van der Waals surface area contributed by atoms with Gasteiger partial charge in [-0.15, -0.1) is 16.4 Å². The lowest BCUT2D eigenvalue weighted by atomic mass is 9.83. The van der Waals surface area contributed by atoms with E-state index in [9.17, 15) is 9.65 Å². The minimum atomic E-state index is -0.521. The molecule has 0 amide bonds. The van der Waals surface area contributed by atoms with Gasteiger partial charge in [-0.3, -0.25) is 5.10 Å². The number of ether oxygens (including phenoxy) is 3. The number of aryl methyl sites for hydroxylation is 2. The predicted molar refractivity (Wildman–Crippen MR) is 134 cm³/mol. The van der Waals surface area contributed by atoms with Crippen molar-refractivity contribution in [2.75, 3.05) is 7.11 Å². The number of hydrogen-bond acceptors (Lipinski definition) is 7. The molecule has 9 heteroatoms. The number of thiophene rings is 1. The maximum absolute atomic E-state index is 13.2. The number of nitrogens with two attached hydrogens (primary N) is 1. The zero-order valence-corrected chi connectivity index (χ0v) is 20.7. The van der Waals surface area contributed by atoms with Gasteiger partial charge in [0.2, 0.25) is 11.8 Å². The topological polar surface area (TPSA) is 106 Å². The number of methoxy groups -OCH3 is 1. The van der Waals surface area contributed by atoms with E-state index in [0.29, 0.717) is 17.4 Å². The molecule has 3 N–H and O–H groups in total. The van der Waals surface area contributed by atoms with Crippen molar-refractivity contribution in [3.8, 4) is 34.7 Å². The van der Waals surface area contributed by atoms with Gasteiger partial charge < -0.3 is 19.9 Å². The lowest BCUT2D eigenvalue weighted by molar-refractivity contribution is 0.284. The van der Waals surface area contributed by atoms with Crippen LogP contribution in [0.3, 0.4) is 0 Å². The Morgan fingerprint density at radius 2 is 1.94 bits per heavy atom. The Kier molecular flexibility index (Phi) is 6.12. The van der Waals surface area contributed by atoms with Gasteiger partial charge in [-0.2, -0.15) is 5.26 Å². The summed E-state index contributed by atoms with van der Waals surface area (Å²) in [5, 5.41) is 17.5. The van der Waals surface area contributed by atoms with Crippen LogP contribution < -0.4 is 19.9 Å². The quantitative estimate of drug-likeness (QED) is 0.350. The summed E-state index contributed by atoms with van der Waals surface area (Å²) in [5.41, 5.74) is 10.6. The van der Waals surface area contributed by atoms with Crippen LogP contribution >= 0.6 is 11.3 Å². The molecular weight excluding hydrogens is 479 g/mol. The molecule has 1 aliphatic heterocycles. The fourth-order valence-electron chi connectivity index (χ4n) is 4.39. The first-order valence-electron chi connectivity index (χ1n) is 11.2. The van der Waals surface area contributed by atoms with Crippen LogP contribution in [0.15, 0.2) is 60.0 Å². The maximum Gasteiger partial charge on any atom is 0.244 e. The summed E-state index contributed by atoms with van der Waals surface area (Å²) >= 11 is 1.69. The molecule has 0 aliphatic carbocycles. The third kappa shape index (κ3) is 4.16. The Balaban J connectivity index is 1.55. The first-order chi connectivity index (χ1) is 17.4. The van der Waals surface area contributed by atoms with Gasteiger partial charge in [0.25, 0.3) is 0 Å². The van der Waals surface area contributed by atoms with Gasteiger partial charge in [0, 0.05) is 15.3 Å². The highest BCUT2D eigenvalue weighted by atomic mass is 32.1. The van der Waals surface area contributed by atoms with E-state index < -0.39 is 5.92 Å². The molecule has 0 radical (unpaired) electrons. The van der Waals surface area contributed by atoms with Crippen LogP contribution in [0.2, 0.25) is 0 Å². The van der Waals surface area contributed by atoms with Gasteiger partial charge in [-0.25, -0.2) is 4.39 Å². The van der Waals surface area contributed by atoms with E-state index in [1.54, 1.807) is 36.6 Å². The Morgan fingerprint density at radius 1 is 1.17 bits per heavy atom. The summed E-state index contributed by atoms with van der Waals surface area (Å²) in [6.07, 6.45) is 0. The van der Waals surface area contributed by atoms with E-state index in [2.05, 4.69) is 22.3 Å². The number of aromatic nitrogens is 2. The van der Waals surface area contributed by atoms with Crippen molar-refractivity contribution in [2.24, 2.45) is 5.73 Å². The van der Waals surface area contributed by atoms with Crippen molar-refractivity contribution in [3.05, 3.63) is 92.2 Å². The molecule has 1 aliphatic rings. The van der Waals surface area contributed by atoms with Gasteiger partial charge in [0.15, 0.2) is 11.5 Å². The molecule has 182 valence electrons. The van der Waals surface area contributed by atoms with Gasteiger partial charge in [0.05, 0.1) is 24.3 Å². The number of aromatic amines is 1. The van der Waals surface area contributed by atoms with Gasteiger partial charge in [-0.05, 0) is 55.3 Å². The van der Waals surface area contributed by atoms with E-state index >= 15 is 0 Å². The molecule has 3 heterocycles. The third-order valence-electron chi connectivity index (χ3n) is 6.08. The molecule has 0 saturated heterocycles. The fourth-order valence-corrected chi connectivity index (χ4v) is 5.32. The average molecular weight is 503 g/mol. The molecule has 0 saturated carbocycles. The average Bonchev–Trinajstić information content (AvgIpc) is 3.44. The summed E-state index contributed by atoms with van der Waals surface area (Å²) in [5.74, 6) is 0.541. The molecule has 2 aromatic carbocycles. The number of nitrogens with zero attached hydrogens (tertiary/aromatic N) is 2. The summed E-state index contributed by atoms with van der Waals surface area (Å²) in [7, 11) is 1.55. The van der Waals surface area contributed by atoms with Crippen molar-refractivity contribution < 1.29 is 18.6 Å². The number of rotatable bonds is 6. The normalized spacial score (nSPS) is 14.7. The highest BCUT2D eigenvalue weighted by Gasteiger charge is 2.36. The van der Waals surface area contributed by atoms with Crippen molar-refractivity contribution in [1.29, 1.82) is 5.26 Å². The second kappa shape index (κ2) is 9.40. The smallest absolute Gasteiger partial charge is 0.244 e. The monoisotopic (exact) mass is 502 g/mol. The van der Waals surface area contributed by atoms with E-state index in [-0.39, 0.29) is 23.9 Å². The van der Waals surface area contributed by atoms with Crippen molar-refractivity contribution in [1.82, 2.24) is 10.2 Å². The summed E-state index contributed by atoms with van der Waals surface area (Å²) in [6, 6.07) is 15.9. The molecule has 0 bridgehead atoms. The molecule has 2 aromatic heterocycles. The third-order valence-corrected chi connectivity index (χ3v) is 7.04. The molecule has 0 fully saturated rings. The SMILES string of the molecule is COc1cc(C2C(C#N)=C(N)Oc3n[nH]c(-c4cc(C)sc4C)c32)ccc1OCc1ccc(F)cc1. The zero-order valence-electron chi connectivity index (χ0n) is 19.9. The minimum absolute atomic E-state index is 0.0156. The van der Waals surface area contributed by atoms with Crippen LogP contribution in [0.4, 0.5) is 4.39 Å². The van der Waals surface area contributed by atoms with Crippen LogP contribution in [0.1, 0.15) is 32.4 Å².